The molecule has 0 aliphatic carbocycles. The van der Waals surface area contributed by atoms with Crippen molar-refractivity contribution in [3.63, 3.8) is 0 Å². The van der Waals surface area contributed by atoms with Crippen molar-refractivity contribution in [1.82, 2.24) is 10.2 Å². The van der Waals surface area contributed by atoms with Crippen LogP contribution in [0.4, 0.5) is 5.69 Å². The van der Waals surface area contributed by atoms with Gasteiger partial charge in [0.1, 0.15) is 0 Å². The van der Waals surface area contributed by atoms with Crippen LogP contribution in [0.2, 0.25) is 0 Å². The minimum absolute atomic E-state index is 0.143. The van der Waals surface area contributed by atoms with Gasteiger partial charge in [0.2, 0.25) is 0 Å². The summed E-state index contributed by atoms with van der Waals surface area (Å²) < 4.78 is 0. The van der Waals surface area contributed by atoms with Gasteiger partial charge in [-0.25, -0.2) is 0 Å². The third-order valence-electron chi connectivity index (χ3n) is 3.92. The fraction of sp³-hybridized carbons (Fsp3) is 0.562. The van der Waals surface area contributed by atoms with Gasteiger partial charge in [-0.3, -0.25) is 4.79 Å². The normalized spacial score (nSPS) is 18.6. The summed E-state index contributed by atoms with van der Waals surface area (Å²) in [4.78, 5) is 16.8. The Bertz CT molecular complexity index is 453. The average Bonchev–Trinajstić information content (AvgIpc) is 2.49. The molecule has 110 valence electrons. The minimum atomic E-state index is 0.143. The van der Waals surface area contributed by atoms with E-state index >= 15 is 0 Å². The number of nitrogens with one attached hydrogen (secondary N) is 1. The molecule has 4 heteroatoms. The zero-order chi connectivity index (χ0) is 14.5. The summed E-state index contributed by atoms with van der Waals surface area (Å²) in [7, 11) is 3.98. The van der Waals surface area contributed by atoms with E-state index in [1.807, 2.05) is 48.2 Å². The lowest BCUT2D eigenvalue weighted by molar-refractivity contribution is 0.0662. The van der Waals surface area contributed by atoms with Gasteiger partial charge in [0.25, 0.3) is 5.91 Å². The Hall–Kier alpha value is -1.55. The third kappa shape index (κ3) is 3.31. The molecule has 4 nitrogen and oxygen atoms in total. The SMILES string of the molecule is CCN(C(=O)c1cccc(N(C)C)c1)C1CCCNC1. The third-order valence-corrected chi connectivity index (χ3v) is 3.92. The molecule has 1 aliphatic heterocycles. The Morgan fingerprint density at radius 3 is 2.80 bits per heavy atom. The molecule has 1 unspecified atom stereocenters. The number of hydrogen-bond acceptors (Lipinski definition) is 3. The molecule has 1 aliphatic rings. The van der Waals surface area contributed by atoms with Gasteiger partial charge in [0.15, 0.2) is 0 Å². The highest BCUT2D eigenvalue weighted by Gasteiger charge is 2.24. The van der Waals surface area contributed by atoms with Crippen LogP contribution in [0.3, 0.4) is 0 Å². The van der Waals surface area contributed by atoms with Crippen LogP contribution in [0.5, 0.6) is 0 Å². The van der Waals surface area contributed by atoms with Crippen molar-refractivity contribution < 1.29 is 4.79 Å². The molecule has 1 atom stereocenters. The highest BCUT2D eigenvalue weighted by Crippen LogP contribution is 2.18. The first kappa shape index (κ1) is 14.9. The van der Waals surface area contributed by atoms with Crippen LogP contribution in [0, 0.1) is 0 Å². The quantitative estimate of drug-likeness (QED) is 0.912. The monoisotopic (exact) mass is 275 g/mol. The predicted molar refractivity (Wildman–Crippen MR) is 83.4 cm³/mol. The summed E-state index contributed by atoms with van der Waals surface area (Å²) >= 11 is 0. The van der Waals surface area contributed by atoms with Crippen molar-refractivity contribution in [3.05, 3.63) is 29.8 Å². The van der Waals surface area contributed by atoms with Crippen molar-refractivity contribution in [2.75, 3.05) is 38.6 Å². The summed E-state index contributed by atoms with van der Waals surface area (Å²) in [6, 6.07) is 8.18. The first-order valence-electron chi connectivity index (χ1n) is 7.42. The predicted octanol–water partition coefficient (Wildman–Crippen LogP) is 1.97. The van der Waals surface area contributed by atoms with E-state index < -0.39 is 0 Å². The molecule has 0 aromatic heterocycles. The Morgan fingerprint density at radius 1 is 1.40 bits per heavy atom. The van der Waals surface area contributed by atoms with E-state index in [0.717, 1.165) is 43.7 Å². The van der Waals surface area contributed by atoms with Crippen molar-refractivity contribution in [1.29, 1.82) is 0 Å². The van der Waals surface area contributed by atoms with Crippen molar-refractivity contribution in [2.45, 2.75) is 25.8 Å². The van der Waals surface area contributed by atoms with Crippen molar-refractivity contribution in [3.8, 4) is 0 Å². The molecule has 1 heterocycles. The maximum absolute atomic E-state index is 12.7. The Balaban J connectivity index is 2.17. The lowest BCUT2D eigenvalue weighted by Crippen LogP contribution is -2.48. The molecule has 1 N–H and O–H groups in total. The second-order valence-corrected chi connectivity index (χ2v) is 5.54. The zero-order valence-corrected chi connectivity index (χ0v) is 12.7. The van der Waals surface area contributed by atoms with E-state index in [9.17, 15) is 4.79 Å². The fourth-order valence-electron chi connectivity index (χ4n) is 2.75. The van der Waals surface area contributed by atoms with Crippen LogP contribution in [0.1, 0.15) is 30.1 Å². The molecule has 0 bridgehead atoms. The van der Waals surface area contributed by atoms with E-state index in [4.69, 9.17) is 0 Å². The molecule has 1 saturated heterocycles. The number of carbonyl (C=O) groups is 1. The molecule has 1 fully saturated rings. The summed E-state index contributed by atoms with van der Waals surface area (Å²) in [6.45, 7) is 4.80. The summed E-state index contributed by atoms with van der Waals surface area (Å²) in [6.07, 6.45) is 2.24. The molecule has 0 spiro atoms. The first-order valence-corrected chi connectivity index (χ1v) is 7.42. The van der Waals surface area contributed by atoms with Crippen molar-refractivity contribution >= 4 is 11.6 Å². The van der Waals surface area contributed by atoms with Crippen LogP contribution in [-0.4, -0.2) is 50.6 Å². The van der Waals surface area contributed by atoms with Gasteiger partial charge >= 0.3 is 0 Å². The maximum atomic E-state index is 12.7. The number of amides is 1. The van der Waals surface area contributed by atoms with E-state index in [1.165, 1.54) is 0 Å². The molecule has 1 amide bonds. The zero-order valence-electron chi connectivity index (χ0n) is 12.7. The largest absolute Gasteiger partial charge is 0.378 e. The Labute approximate surface area is 121 Å². The minimum Gasteiger partial charge on any atom is -0.378 e. The van der Waals surface area contributed by atoms with Gasteiger partial charge in [0.05, 0.1) is 0 Å². The topological polar surface area (TPSA) is 35.6 Å². The number of carbonyl (C=O) groups excluding carboxylic acids is 1. The summed E-state index contributed by atoms with van der Waals surface area (Å²) in [5.41, 5.74) is 1.84. The second-order valence-electron chi connectivity index (χ2n) is 5.54. The molecule has 0 saturated carbocycles. The number of nitrogens with zero attached hydrogens (tertiary/aromatic N) is 2. The van der Waals surface area contributed by atoms with Gasteiger partial charge in [-0.15, -0.1) is 0 Å². The van der Waals surface area contributed by atoms with Crippen LogP contribution >= 0.6 is 0 Å². The standard InChI is InChI=1S/C16H25N3O/c1-4-19(15-9-6-10-17-12-15)16(20)13-7-5-8-14(11-13)18(2)3/h5,7-8,11,15,17H,4,6,9-10,12H2,1-3H3. The van der Waals surface area contributed by atoms with Gasteiger partial charge in [0, 0.05) is 44.5 Å². The molecule has 2 rings (SSSR count). The van der Waals surface area contributed by atoms with Crippen LogP contribution in [0.25, 0.3) is 0 Å². The van der Waals surface area contributed by atoms with Crippen LogP contribution in [-0.2, 0) is 0 Å². The van der Waals surface area contributed by atoms with Gasteiger partial charge < -0.3 is 15.1 Å². The number of benzene rings is 1. The van der Waals surface area contributed by atoms with E-state index in [0.29, 0.717) is 6.04 Å². The molecular formula is C16H25N3O. The number of piperidine rings is 1. The number of rotatable bonds is 4. The molecule has 20 heavy (non-hydrogen) atoms. The number of hydrogen-bond donors (Lipinski definition) is 1. The second kappa shape index (κ2) is 6.75. The van der Waals surface area contributed by atoms with Crippen LogP contribution in [0.15, 0.2) is 24.3 Å². The van der Waals surface area contributed by atoms with Gasteiger partial charge in [-0.2, -0.15) is 0 Å². The lowest BCUT2D eigenvalue weighted by atomic mass is 10.0. The summed E-state index contributed by atoms with van der Waals surface area (Å²) in [5, 5.41) is 3.38. The summed E-state index contributed by atoms with van der Waals surface area (Å²) in [5.74, 6) is 0.143. The lowest BCUT2D eigenvalue weighted by Gasteiger charge is -2.34. The van der Waals surface area contributed by atoms with Crippen LogP contribution < -0.4 is 10.2 Å². The first-order chi connectivity index (χ1) is 9.63. The Kier molecular flexibility index (Phi) is 5.01. The number of likely N-dealkylation sites (N-methyl/N-ethyl adjacent to an activating group) is 1. The van der Waals surface area contributed by atoms with Crippen molar-refractivity contribution in [2.24, 2.45) is 0 Å². The highest BCUT2D eigenvalue weighted by atomic mass is 16.2. The highest BCUT2D eigenvalue weighted by molar-refractivity contribution is 5.95. The molecule has 0 radical (unpaired) electrons. The van der Waals surface area contributed by atoms with E-state index in [2.05, 4.69) is 12.2 Å². The van der Waals surface area contributed by atoms with E-state index in [-0.39, 0.29) is 5.91 Å². The molecule has 1 aromatic rings. The average molecular weight is 275 g/mol. The smallest absolute Gasteiger partial charge is 0.254 e. The maximum Gasteiger partial charge on any atom is 0.254 e. The van der Waals surface area contributed by atoms with Gasteiger partial charge in [-0.1, -0.05) is 6.07 Å². The molecular weight excluding hydrogens is 250 g/mol. The Morgan fingerprint density at radius 2 is 2.20 bits per heavy atom. The fourth-order valence-corrected chi connectivity index (χ4v) is 2.75. The number of anilines is 1. The van der Waals surface area contributed by atoms with E-state index in [1.54, 1.807) is 0 Å². The molecule has 1 aromatic carbocycles. The van der Waals surface area contributed by atoms with Gasteiger partial charge in [-0.05, 0) is 44.5 Å².